The van der Waals surface area contributed by atoms with Crippen LogP contribution in [0.1, 0.15) is 6.92 Å². The maximum absolute atomic E-state index is 11.1. The van der Waals surface area contributed by atoms with E-state index in [1.165, 1.54) is 11.3 Å². The van der Waals surface area contributed by atoms with E-state index in [1.54, 1.807) is 13.0 Å². The second-order valence-corrected chi connectivity index (χ2v) is 3.75. The van der Waals surface area contributed by atoms with Gasteiger partial charge in [0.1, 0.15) is 10.6 Å². The summed E-state index contributed by atoms with van der Waals surface area (Å²) in [6.45, 7) is 2.11. The molecule has 5 heteroatoms. The summed E-state index contributed by atoms with van der Waals surface area (Å²) in [5.41, 5.74) is 0. The first kappa shape index (κ1) is 9.92. The summed E-state index contributed by atoms with van der Waals surface area (Å²) >= 11 is 1.54. The smallest absolute Gasteiger partial charge is 0.412 e. The Labute approximate surface area is 90.9 Å². The Balaban J connectivity index is 2.17. The average Bonchev–Trinajstić information content (AvgIpc) is 2.65. The van der Waals surface area contributed by atoms with Gasteiger partial charge in [0, 0.05) is 5.39 Å². The lowest BCUT2D eigenvalue weighted by atomic mass is 10.3. The number of hydrogen-bond acceptors (Lipinski definition) is 4. The highest BCUT2D eigenvalue weighted by Crippen LogP contribution is 2.20. The van der Waals surface area contributed by atoms with E-state index in [4.69, 9.17) is 4.74 Å². The number of amides is 1. The number of nitrogens with one attached hydrogen (secondary N) is 1. The first-order valence-corrected chi connectivity index (χ1v) is 5.45. The summed E-state index contributed by atoms with van der Waals surface area (Å²) in [5.74, 6) is 0.517. The van der Waals surface area contributed by atoms with Gasteiger partial charge >= 0.3 is 6.09 Å². The van der Waals surface area contributed by atoms with Crippen LogP contribution >= 0.6 is 11.3 Å². The van der Waals surface area contributed by atoms with E-state index >= 15 is 0 Å². The van der Waals surface area contributed by atoms with E-state index in [1.807, 2.05) is 17.5 Å². The van der Waals surface area contributed by atoms with Gasteiger partial charge in [0.05, 0.1) is 6.61 Å². The Morgan fingerprint density at radius 2 is 2.40 bits per heavy atom. The van der Waals surface area contributed by atoms with E-state index in [2.05, 4.69) is 10.3 Å². The molecular formula is C10H10N2O2S. The van der Waals surface area contributed by atoms with Gasteiger partial charge in [-0.15, -0.1) is 11.3 Å². The highest BCUT2D eigenvalue weighted by atomic mass is 32.1. The van der Waals surface area contributed by atoms with E-state index < -0.39 is 6.09 Å². The fourth-order valence-corrected chi connectivity index (χ4v) is 1.95. The topological polar surface area (TPSA) is 51.2 Å². The molecule has 1 N–H and O–H groups in total. The molecule has 0 spiro atoms. The van der Waals surface area contributed by atoms with Gasteiger partial charge in [-0.2, -0.15) is 0 Å². The molecule has 2 rings (SSSR count). The predicted molar refractivity (Wildman–Crippen MR) is 60.3 cm³/mol. The van der Waals surface area contributed by atoms with Crippen LogP contribution in [0.5, 0.6) is 0 Å². The number of rotatable bonds is 2. The molecule has 0 atom stereocenters. The molecule has 0 bridgehead atoms. The SMILES string of the molecule is CCOC(=O)Nc1ccc2ccsc2n1. The zero-order valence-electron chi connectivity index (χ0n) is 8.19. The molecule has 2 heterocycles. The van der Waals surface area contributed by atoms with Crippen molar-refractivity contribution in [3.05, 3.63) is 23.6 Å². The third-order valence-electron chi connectivity index (χ3n) is 1.82. The lowest BCUT2D eigenvalue weighted by molar-refractivity contribution is 0.168. The number of thiophene rings is 1. The molecule has 4 nitrogen and oxygen atoms in total. The van der Waals surface area contributed by atoms with Crippen LogP contribution in [0.15, 0.2) is 23.6 Å². The first-order chi connectivity index (χ1) is 7.29. The second-order valence-electron chi connectivity index (χ2n) is 2.86. The molecule has 2 aromatic heterocycles. The molecule has 0 saturated heterocycles. The number of hydrogen-bond donors (Lipinski definition) is 1. The molecule has 0 unspecified atom stereocenters. The summed E-state index contributed by atoms with van der Waals surface area (Å²) in [6, 6.07) is 5.66. The van der Waals surface area contributed by atoms with Gasteiger partial charge in [0.15, 0.2) is 0 Å². The van der Waals surface area contributed by atoms with Gasteiger partial charge in [-0.05, 0) is 30.5 Å². The highest BCUT2D eigenvalue weighted by molar-refractivity contribution is 7.16. The number of aromatic nitrogens is 1. The van der Waals surface area contributed by atoms with Gasteiger partial charge in [-0.25, -0.2) is 9.78 Å². The monoisotopic (exact) mass is 222 g/mol. The molecule has 78 valence electrons. The van der Waals surface area contributed by atoms with Crippen LogP contribution in [0, 0.1) is 0 Å². The maximum Gasteiger partial charge on any atom is 0.412 e. The number of carbonyl (C=O) groups is 1. The Kier molecular flexibility index (Phi) is 2.82. The third-order valence-corrected chi connectivity index (χ3v) is 2.64. The number of nitrogens with zero attached hydrogens (tertiary/aromatic N) is 1. The first-order valence-electron chi connectivity index (χ1n) is 4.57. The van der Waals surface area contributed by atoms with Gasteiger partial charge in [0.25, 0.3) is 0 Å². The van der Waals surface area contributed by atoms with Crippen molar-refractivity contribution in [1.29, 1.82) is 0 Å². The van der Waals surface area contributed by atoms with Gasteiger partial charge in [-0.3, -0.25) is 5.32 Å². The maximum atomic E-state index is 11.1. The van der Waals surface area contributed by atoms with Crippen molar-refractivity contribution in [2.45, 2.75) is 6.92 Å². The normalized spacial score (nSPS) is 10.2. The minimum Gasteiger partial charge on any atom is -0.450 e. The molecule has 0 radical (unpaired) electrons. The average molecular weight is 222 g/mol. The zero-order chi connectivity index (χ0) is 10.7. The van der Waals surface area contributed by atoms with Gasteiger partial charge in [0.2, 0.25) is 0 Å². The fourth-order valence-electron chi connectivity index (χ4n) is 1.19. The van der Waals surface area contributed by atoms with E-state index in [0.29, 0.717) is 12.4 Å². The predicted octanol–water partition coefficient (Wildman–Crippen LogP) is 2.86. The Bertz CT molecular complexity index is 481. The van der Waals surface area contributed by atoms with Gasteiger partial charge in [-0.1, -0.05) is 0 Å². The minimum atomic E-state index is -0.471. The second kappa shape index (κ2) is 4.27. The van der Waals surface area contributed by atoms with Crippen LogP contribution in [0.2, 0.25) is 0 Å². The molecule has 2 aromatic rings. The number of anilines is 1. The van der Waals surface area contributed by atoms with Crippen LogP contribution in [-0.2, 0) is 4.74 Å². The fraction of sp³-hybridized carbons (Fsp3) is 0.200. The van der Waals surface area contributed by atoms with Crippen molar-refractivity contribution in [2.75, 3.05) is 11.9 Å². The number of pyridine rings is 1. The molecule has 0 aliphatic carbocycles. The Hall–Kier alpha value is -1.62. The minimum absolute atomic E-state index is 0.354. The van der Waals surface area contributed by atoms with Crippen molar-refractivity contribution >= 4 is 33.5 Å². The molecule has 0 saturated carbocycles. The van der Waals surface area contributed by atoms with Crippen molar-refractivity contribution in [2.24, 2.45) is 0 Å². The van der Waals surface area contributed by atoms with E-state index in [9.17, 15) is 4.79 Å². The summed E-state index contributed by atoms with van der Waals surface area (Å²) in [6.07, 6.45) is -0.471. The third kappa shape index (κ3) is 2.24. The molecule has 0 aromatic carbocycles. The molecule has 0 fully saturated rings. The van der Waals surface area contributed by atoms with Crippen molar-refractivity contribution < 1.29 is 9.53 Å². The molecular weight excluding hydrogens is 212 g/mol. The number of fused-ring (bicyclic) bond motifs is 1. The Morgan fingerprint density at radius 1 is 1.53 bits per heavy atom. The number of carbonyl (C=O) groups excluding carboxylic acids is 1. The quantitative estimate of drug-likeness (QED) is 0.850. The van der Waals surface area contributed by atoms with Crippen LogP contribution in [-0.4, -0.2) is 17.7 Å². The largest absolute Gasteiger partial charge is 0.450 e. The lowest BCUT2D eigenvalue weighted by Gasteiger charge is -2.03. The number of ether oxygens (including phenoxy) is 1. The summed E-state index contributed by atoms with van der Waals surface area (Å²) in [4.78, 5) is 16.3. The van der Waals surface area contributed by atoms with E-state index in [0.717, 1.165) is 10.2 Å². The van der Waals surface area contributed by atoms with Crippen LogP contribution < -0.4 is 5.32 Å². The van der Waals surface area contributed by atoms with Crippen molar-refractivity contribution in [3.63, 3.8) is 0 Å². The van der Waals surface area contributed by atoms with Crippen LogP contribution in [0.3, 0.4) is 0 Å². The summed E-state index contributed by atoms with van der Waals surface area (Å²) < 4.78 is 4.75. The van der Waals surface area contributed by atoms with Crippen molar-refractivity contribution in [3.8, 4) is 0 Å². The summed E-state index contributed by atoms with van der Waals surface area (Å²) in [5, 5.41) is 5.60. The molecule has 0 aliphatic heterocycles. The molecule has 15 heavy (non-hydrogen) atoms. The standard InChI is InChI=1S/C10H10N2O2S/c1-2-14-10(13)12-8-4-3-7-5-6-15-9(7)11-8/h3-6H,2H2,1H3,(H,11,12,13). The highest BCUT2D eigenvalue weighted by Gasteiger charge is 2.04. The van der Waals surface area contributed by atoms with Crippen molar-refractivity contribution in [1.82, 2.24) is 4.98 Å². The zero-order valence-corrected chi connectivity index (χ0v) is 9.00. The molecule has 0 aliphatic rings. The van der Waals surface area contributed by atoms with E-state index in [-0.39, 0.29) is 0 Å². The van der Waals surface area contributed by atoms with Crippen LogP contribution in [0.25, 0.3) is 10.2 Å². The Morgan fingerprint density at radius 3 is 3.20 bits per heavy atom. The van der Waals surface area contributed by atoms with Crippen LogP contribution in [0.4, 0.5) is 10.6 Å². The lowest BCUT2D eigenvalue weighted by Crippen LogP contribution is -2.13. The van der Waals surface area contributed by atoms with Gasteiger partial charge < -0.3 is 4.74 Å². The summed E-state index contributed by atoms with van der Waals surface area (Å²) in [7, 11) is 0. The molecule has 1 amide bonds.